The van der Waals surface area contributed by atoms with Gasteiger partial charge in [-0.3, -0.25) is 13.9 Å². The molecular formula is C32H37Cl2N3O4S. The van der Waals surface area contributed by atoms with Crippen molar-refractivity contribution in [1.82, 2.24) is 10.2 Å². The van der Waals surface area contributed by atoms with Gasteiger partial charge < -0.3 is 10.2 Å². The van der Waals surface area contributed by atoms with Crippen LogP contribution in [0.4, 0.5) is 5.69 Å². The maximum Gasteiger partial charge on any atom is 0.264 e. The molecule has 1 unspecified atom stereocenters. The van der Waals surface area contributed by atoms with Gasteiger partial charge in [0.25, 0.3) is 10.0 Å². The lowest BCUT2D eigenvalue weighted by Gasteiger charge is -2.34. The van der Waals surface area contributed by atoms with Crippen LogP contribution in [-0.2, 0) is 26.2 Å². The van der Waals surface area contributed by atoms with E-state index in [0.717, 1.165) is 46.7 Å². The quantitative estimate of drug-likeness (QED) is 0.256. The van der Waals surface area contributed by atoms with Crippen molar-refractivity contribution in [3.63, 3.8) is 0 Å². The molecule has 1 fully saturated rings. The van der Waals surface area contributed by atoms with E-state index in [9.17, 15) is 18.0 Å². The van der Waals surface area contributed by atoms with E-state index in [1.807, 2.05) is 26.8 Å². The second-order valence-electron chi connectivity index (χ2n) is 10.8. The molecule has 0 radical (unpaired) electrons. The van der Waals surface area contributed by atoms with Crippen molar-refractivity contribution in [2.75, 3.05) is 10.8 Å². The zero-order chi connectivity index (χ0) is 30.4. The molecule has 1 atom stereocenters. The van der Waals surface area contributed by atoms with E-state index >= 15 is 0 Å². The Labute approximate surface area is 258 Å². The van der Waals surface area contributed by atoms with Crippen molar-refractivity contribution >= 4 is 50.7 Å². The minimum atomic E-state index is -4.17. The molecular weight excluding hydrogens is 593 g/mol. The Kier molecular flexibility index (Phi) is 10.6. The van der Waals surface area contributed by atoms with Crippen LogP contribution in [0, 0.1) is 13.8 Å². The topological polar surface area (TPSA) is 86.8 Å². The molecule has 1 aliphatic carbocycles. The van der Waals surface area contributed by atoms with Crippen molar-refractivity contribution < 1.29 is 18.0 Å². The van der Waals surface area contributed by atoms with Crippen molar-refractivity contribution in [2.24, 2.45) is 0 Å². The first kappa shape index (κ1) is 31.9. The van der Waals surface area contributed by atoms with Gasteiger partial charge in [0.05, 0.1) is 10.6 Å². The van der Waals surface area contributed by atoms with Gasteiger partial charge in [-0.25, -0.2) is 8.42 Å². The Hall–Kier alpha value is -3.07. The Balaban J connectivity index is 1.73. The number of rotatable bonds is 11. The summed E-state index contributed by atoms with van der Waals surface area (Å²) in [6, 6.07) is 17.5. The van der Waals surface area contributed by atoms with Gasteiger partial charge in [-0.1, -0.05) is 61.2 Å². The largest absolute Gasteiger partial charge is 0.352 e. The van der Waals surface area contributed by atoms with Gasteiger partial charge in [-0.05, 0) is 98.3 Å². The third kappa shape index (κ3) is 7.65. The summed E-state index contributed by atoms with van der Waals surface area (Å²) in [6.45, 7) is 5.31. The molecule has 0 aliphatic heterocycles. The summed E-state index contributed by atoms with van der Waals surface area (Å²) >= 11 is 12.1. The van der Waals surface area contributed by atoms with E-state index in [0.29, 0.717) is 22.2 Å². The Bertz CT molecular complexity index is 1510. The summed E-state index contributed by atoms with van der Waals surface area (Å²) in [5, 5.41) is 4.07. The lowest BCUT2D eigenvalue weighted by molar-refractivity contribution is -0.140. The lowest BCUT2D eigenvalue weighted by Crippen LogP contribution is -2.53. The highest BCUT2D eigenvalue weighted by molar-refractivity contribution is 7.92. The standard InChI is InChI=1S/C32H37Cl2N3O4S/c1-4-30(32(39)35-27-7-5-6-8-27)36(20-24-10-12-25(33)13-11-24)31(38)21-37(28-16-9-22(2)23(3)19-28)42(40,41)29-17-14-26(34)15-18-29/h9-19,27,30H,4-8,20-21H2,1-3H3,(H,35,39). The number of anilines is 1. The SMILES string of the molecule is CCC(C(=O)NC1CCCC1)N(Cc1ccc(Cl)cc1)C(=O)CN(c1ccc(C)c(C)c1)S(=O)(=O)c1ccc(Cl)cc1. The van der Waals surface area contributed by atoms with Crippen LogP contribution in [0.3, 0.4) is 0 Å². The van der Waals surface area contributed by atoms with Crippen LogP contribution < -0.4 is 9.62 Å². The molecule has 0 spiro atoms. The smallest absolute Gasteiger partial charge is 0.264 e. The van der Waals surface area contributed by atoms with Gasteiger partial charge in [0.2, 0.25) is 11.8 Å². The number of halogens is 2. The molecule has 0 aromatic heterocycles. The van der Waals surface area contributed by atoms with Crippen molar-refractivity contribution in [1.29, 1.82) is 0 Å². The molecule has 0 saturated heterocycles. The Morgan fingerprint density at radius 1 is 0.905 bits per heavy atom. The normalized spacial score (nSPS) is 14.4. The Morgan fingerprint density at radius 2 is 1.50 bits per heavy atom. The number of nitrogens with one attached hydrogen (secondary N) is 1. The van der Waals surface area contributed by atoms with Gasteiger partial charge >= 0.3 is 0 Å². The lowest BCUT2D eigenvalue weighted by atomic mass is 10.1. The average molecular weight is 631 g/mol. The maximum atomic E-state index is 14.2. The number of nitrogens with zero attached hydrogens (tertiary/aromatic N) is 2. The molecule has 7 nitrogen and oxygen atoms in total. The summed E-state index contributed by atoms with van der Waals surface area (Å²) in [5.74, 6) is -0.723. The minimum Gasteiger partial charge on any atom is -0.352 e. The van der Waals surface area contributed by atoms with Crippen molar-refractivity contribution in [2.45, 2.75) is 76.4 Å². The van der Waals surface area contributed by atoms with Gasteiger partial charge in [-0.15, -0.1) is 0 Å². The minimum absolute atomic E-state index is 0.00759. The number of sulfonamides is 1. The summed E-state index contributed by atoms with van der Waals surface area (Å²) < 4.78 is 29.1. The van der Waals surface area contributed by atoms with Gasteiger partial charge in [0.1, 0.15) is 12.6 Å². The second kappa shape index (κ2) is 13.9. The zero-order valence-corrected chi connectivity index (χ0v) is 26.5. The highest BCUT2D eigenvalue weighted by Gasteiger charge is 2.34. The van der Waals surface area contributed by atoms with Crippen LogP contribution in [0.25, 0.3) is 0 Å². The second-order valence-corrected chi connectivity index (χ2v) is 13.5. The number of amides is 2. The van der Waals surface area contributed by atoms with E-state index in [2.05, 4.69) is 5.32 Å². The summed E-state index contributed by atoms with van der Waals surface area (Å²) in [5.41, 5.74) is 3.01. The molecule has 224 valence electrons. The van der Waals surface area contributed by atoms with E-state index in [1.54, 1.807) is 36.4 Å². The van der Waals surface area contributed by atoms with Gasteiger partial charge in [0.15, 0.2) is 0 Å². The molecule has 0 heterocycles. The molecule has 42 heavy (non-hydrogen) atoms. The molecule has 10 heteroatoms. The van der Waals surface area contributed by atoms with E-state index in [4.69, 9.17) is 23.2 Å². The van der Waals surface area contributed by atoms with Crippen molar-refractivity contribution in [3.8, 4) is 0 Å². The average Bonchev–Trinajstić information content (AvgIpc) is 3.47. The highest BCUT2D eigenvalue weighted by atomic mass is 35.5. The highest BCUT2D eigenvalue weighted by Crippen LogP contribution is 2.28. The number of benzene rings is 3. The summed E-state index contributed by atoms with van der Waals surface area (Å²) in [7, 11) is -4.17. The van der Waals surface area contributed by atoms with E-state index < -0.39 is 28.5 Å². The summed E-state index contributed by atoms with van der Waals surface area (Å²) in [4.78, 5) is 29.2. The molecule has 4 rings (SSSR count). The van der Waals surface area contributed by atoms with Gasteiger partial charge in [-0.2, -0.15) is 0 Å². The fourth-order valence-corrected chi connectivity index (χ4v) is 6.87. The van der Waals surface area contributed by atoms with Crippen LogP contribution in [0.1, 0.15) is 55.7 Å². The monoisotopic (exact) mass is 629 g/mol. The molecule has 1 N–H and O–H groups in total. The summed E-state index contributed by atoms with van der Waals surface area (Å²) in [6.07, 6.45) is 4.30. The van der Waals surface area contributed by atoms with Crippen LogP contribution >= 0.6 is 23.2 Å². The van der Waals surface area contributed by atoms with E-state index in [-0.39, 0.29) is 23.4 Å². The molecule has 2 amide bonds. The molecule has 0 bridgehead atoms. The molecule has 3 aromatic carbocycles. The predicted octanol–water partition coefficient (Wildman–Crippen LogP) is 6.67. The number of carbonyl (C=O) groups excluding carboxylic acids is 2. The Morgan fingerprint density at radius 3 is 2.07 bits per heavy atom. The molecule has 1 aliphatic rings. The number of hydrogen-bond donors (Lipinski definition) is 1. The number of hydrogen-bond acceptors (Lipinski definition) is 4. The predicted molar refractivity (Wildman–Crippen MR) is 168 cm³/mol. The number of aryl methyl sites for hydroxylation is 2. The first-order chi connectivity index (χ1) is 20.0. The first-order valence-electron chi connectivity index (χ1n) is 14.2. The third-order valence-corrected chi connectivity index (χ3v) is 10.1. The van der Waals surface area contributed by atoms with Crippen LogP contribution in [0.5, 0.6) is 0 Å². The zero-order valence-electron chi connectivity index (χ0n) is 24.1. The van der Waals surface area contributed by atoms with Crippen LogP contribution in [0.15, 0.2) is 71.6 Å². The third-order valence-electron chi connectivity index (χ3n) is 7.81. The van der Waals surface area contributed by atoms with Crippen LogP contribution in [0.2, 0.25) is 10.0 Å². The van der Waals surface area contributed by atoms with Crippen LogP contribution in [-0.4, -0.2) is 43.8 Å². The first-order valence-corrected chi connectivity index (χ1v) is 16.4. The van der Waals surface area contributed by atoms with E-state index in [1.165, 1.54) is 29.2 Å². The fourth-order valence-electron chi connectivity index (χ4n) is 5.22. The maximum absolute atomic E-state index is 14.2. The van der Waals surface area contributed by atoms with Gasteiger partial charge in [0, 0.05) is 22.6 Å². The fraction of sp³-hybridized carbons (Fsp3) is 0.375. The van der Waals surface area contributed by atoms with Crippen molar-refractivity contribution in [3.05, 3.63) is 93.5 Å². The molecule has 1 saturated carbocycles. The number of carbonyl (C=O) groups is 2. The molecule has 3 aromatic rings.